The van der Waals surface area contributed by atoms with Crippen molar-refractivity contribution in [3.8, 4) is 5.75 Å². The van der Waals surface area contributed by atoms with Gasteiger partial charge in [0.05, 0.1) is 12.1 Å². The van der Waals surface area contributed by atoms with Crippen molar-refractivity contribution in [3.05, 3.63) is 24.5 Å². The minimum Gasteiger partial charge on any atom is -0.491 e. The molecule has 0 aliphatic rings. The van der Waals surface area contributed by atoms with Crippen LogP contribution < -0.4 is 4.74 Å². The Labute approximate surface area is 76.2 Å². The van der Waals surface area contributed by atoms with Crippen LogP contribution in [0.15, 0.2) is 24.5 Å². The molecule has 0 radical (unpaired) electrons. The van der Waals surface area contributed by atoms with Crippen molar-refractivity contribution < 1.29 is 14.6 Å². The van der Waals surface area contributed by atoms with Crippen molar-refractivity contribution in [2.75, 3.05) is 6.61 Å². The fourth-order valence-electron chi connectivity index (χ4n) is 0.725. The molecule has 1 heterocycles. The highest BCUT2D eigenvalue weighted by Crippen LogP contribution is 2.07. The van der Waals surface area contributed by atoms with E-state index in [1.807, 2.05) is 0 Å². The Kier molecular flexibility index (Phi) is 3.25. The van der Waals surface area contributed by atoms with E-state index in [0.29, 0.717) is 5.75 Å². The molecule has 0 fully saturated rings. The number of rotatable bonds is 4. The number of nitrogens with zero attached hydrogens (tertiary/aromatic N) is 1. The summed E-state index contributed by atoms with van der Waals surface area (Å²) >= 11 is 0. The summed E-state index contributed by atoms with van der Waals surface area (Å²) in [6, 6.07) is 3.47. The molecule has 0 aliphatic heterocycles. The highest BCUT2D eigenvalue weighted by Gasteiger charge is 2.10. The zero-order valence-electron chi connectivity index (χ0n) is 7.30. The van der Waals surface area contributed by atoms with Gasteiger partial charge in [0.15, 0.2) is 0 Å². The van der Waals surface area contributed by atoms with E-state index < -0.39 is 11.9 Å². The highest BCUT2D eigenvalue weighted by atomic mass is 16.5. The lowest BCUT2D eigenvalue weighted by Gasteiger charge is -2.07. The minimum absolute atomic E-state index is 0.168. The number of carbonyl (C=O) groups is 1. The molecule has 0 spiro atoms. The number of hydrogen-bond acceptors (Lipinski definition) is 3. The Balaban J connectivity index is 2.39. The molecular formula is C9H11NO3. The molecule has 1 aromatic heterocycles. The molecule has 0 aliphatic carbocycles. The van der Waals surface area contributed by atoms with E-state index in [0.717, 1.165) is 0 Å². The summed E-state index contributed by atoms with van der Waals surface area (Å²) < 4.78 is 5.19. The van der Waals surface area contributed by atoms with Crippen LogP contribution in [0.5, 0.6) is 5.75 Å². The van der Waals surface area contributed by atoms with Crippen LogP contribution in [0.2, 0.25) is 0 Å². The van der Waals surface area contributed by atoms with Gasteiger partial charge in [-0.15, -0.1) is 0 Å². The molecule has 0 saturated carbocycles. The van der Waals surface area contributed by atoms with E-state index in [1.54, 1.807) is 31.5 Å². The first-order valence-electron chi connectivity index (χ1n) is 3.96. The number of aliphatic carboxylic acids is 1. The number of aromatic nitrogens is 1. The number of carboxylic acid groups (broad SMARTS) is 1. The van der Waals surface area contributed by atoms with Gasteiger partial charge in [0, 0.05) is 6.20 Å². The molecule has 13 heavy (non-hydrogen) atoms. The van der Waals surface area contributed by atoms with Crippen LogP contribution in [0.25, 0.3) is 0 Å². The average Bonchev–Trinajstić information content (AvgIpc) is 2.15. The Morgan fingerprint density at radius 2 is 2.54 bits per heavy atom. The van der Waals surface area contributed by atoms with Gasteiger partial charge in [0.1, 0.15) is 12.4 Å². The third-order valence-corrected chi connectivity index (χ3v) is 1.56. The van der Waals surface area contributed by atoms with Gasteiger partial charge in [-0.2, -0.15) is 0 Å². The van der Waals surface area contributed by atoms with Crippen LogP contribution in [0, 0.1) is 5.92 Å². The zero-order chi connectivity index (χ0) is 9.68. The van der Waals surface area contributed by atoms with Gasteiger partial charge in [0.2, 0.25) is 0 Å². The molecule has 0 aromatic carbocycles. The molecule has 1 rings (SSSR count). The predicted molar refractivity (Wildman–Crippen MR) is 46.5 cm³/mol. The molecule has 0 saturated heterocycles. The molecule has 4 nitrogen and oxygen atoms in total. The topological polar surface area (TPSA) is 59.4 Å². The Morgan fingerprint density at radius 3 is 3.08 bits per heavy atom. The first kappa shape index (κ1) is 9.51. The third-order valence-electron chi connectivity index (χ3n) is 1.56. The lowest BCUT2D eigenvalue weighted by molar-refractivity contribution is -0.142. The number of carboxylic acids is 1. The van der Waals surface area contributed by atoms with Crippen molar-refractivity contribution in [2.24, 2.45) is 5.92 Å². The van der Waals surface area contributed by atoms with E-state index in [9.17, 15) is 4.79 Å². The number of ether oxygens (including phenoxy) is 1. The lowest BCUT2D eigenvalue weighted by Crippen LogP contribution is -2.17. The van der Waals surface area contributed by atoms with Crippen LogP contribution in [0.3, 0.4) is 0 Å². The van der Waals surface area contributed by atoms with Crippen molar-refractivity contribution in [3.63, 3.8) is 0 Å². The van der Waals surface area contributed by atoms with E-state index in [2.05, 4.69) is 4.98 Å². The lowest BCUT2D eigenvalue weighted by atomic mass is 10.2. The van der Waals surface area contributed by atoms with Crippen molar-refractivity contribution in [1.82, 2.24) is 4.98 Å². The second kappa shape index (κ2) is 4.45. The summed E-state index contributed by atoms with van der Waals surface area (Å²) in [6.45, 7) is 1.76. The Hall–Kier alpha value is -1.58. The SMILES string of the molecule is CC(COc1cccnc1)C(=O)O. The molecule has 0 amide bonds. The fraction of sp³-hybridized carbons (Fsp3) is 0.333. The second-order valence-electron chi connectivity index (χ2n) is 2.74. The van der Waals surface area contributed by atoms with Gasteiger partial charge < -0.3 is 9.84 Å². The van der Waals surface area contributed by atoms with Gasteiger partial charge in [-0.05, 0) is 19.1 Å². The van der Waals surface area contributed by atoms with Crippen LogP contribution in [-0.4, -0.2) is 22.7 Å². The highest BCUT2D eigenvalue weighted by molar-refractivity contribution is 5.69. The molecule has 4 heteroatoms. The first-order valence-corrected chi connectivity index (χ1v) is 3.96. The fourth-order valence-corrected chi connectivity index (χ4v) is 0.725. The monoisotopic (exact) mass is 181 g/mol. The van der Waals surface area contributed by atoms with Gasteiger partial charge in [-0.25, -0.2) is 0 Å². The molecule has 0 bridgehead atoms. The minimum atomic E-state index is -0.858. The average molecular weight is 181 g/mol. The van der Waals surface area contributed by atoms with E-state index >= 15 is 0 Å². The smallest absolute Gasteiger partial charge is 0.309 e. The van der Waals surface area contributed by atoms with Gasteiger partial charge in [-0.3, -0.25) is 9.78 Å². The summed E-state index contributed by atoms with van der Waals surface area (Å²) in [5, 5.41) is 8.56. The summed E-state index contributed by atoms with van der Waals surface area (Å²) in [5.41, 5.74) is 0. The van der Waals surface area contributed by atoms with Crippen LogP contribution in [-0.2, 0) is 4.79 Å². The van der Waals surface area contributed by atoms with Crippen molar-refractivity contribution in [2.45, 2.75) is 6.92 Å². The van der Waals surface area contributed by atoms with Gasteiger partial charge in [0.25, 0.3) is 0 Å². The predicted octanol–water partition coefficient (Wildman–Crippen LogP) is 1.18. The Morgan fingerprint density at radius 1 is 1.77 bits per heavy atom. The second-order valence-corrected chi connectivity index (χ2v) is 2.74. The Bertz CT molecular complexity index is 273. The summed E-state index contributed by atoms with van der Waals surface area (Å²) in [7, 11) is 0. The molecule has 1 unspecified atom stereocenters. The summed E-state index contributed by atoms with van der Waals surface area (Å²) in [5.74, 6) is -0.764. The molecule has 1 atom stereocenters. The maximum atomic E-state index is 10.4. The van der Waals surface area contributed by atoms with Gasteiger partial charge >= 0.3 is 5.97 Å². The maximum Gasteiger partial charge on any atom is 0.309 e. The van der Waals surface area contributed by atoms with E-state index in [1.165, 1.54) is 0 Å². The standard InChI is InChI=1S/C9H11NO3/c1-7(9(11)12)6-13-8-3-2-4-10-5-8/h2-5,7H,6H2,1H3,(H,11,12). The third kappa shape index (κ3) is 3.11. The molecule has 70 valence electrons. The van der Waals surface area contributed by atoms with Crippen LogP contribution in [0.1, 0.15) is 6.92 Å². The van der Waals surface area contributed by atoms with Crippen molar-refractivity contribution >= 4 is 5.97 Å². The molecule has 1 N–H and O–H groups in total. The van der Waals surface area contributed by atoms with E-state index in [4.69, 9.17) is 9.84 Å². The normalized spacial score (nSPS) is 12.1. The molecule has 1 aromatic rings. The first-order chi connectivity index (χ1) is 6.20. The van der Waals surface area contributed by atoms with Crippen molar-refractivity contribution in [1.29, 1.82) is 0 Å². The van der Waals surface area contributed by atoms with Crippen LogP contribution in [0.4, 0.5) is 0 Å². The van der Waals surface area contributed by atoms with Crippen LogP contribution >= 0.6 is 0 Å². The molecular weight excluding hydrogens is 170 g/mol. The number of hydrogen-bond donors (Lipinski definition) is 1. The number of pyridine rings is 1. The maximum absolute atomic E-state index is 10.4. The summed E-state index contributed by atoms with van der Waals surface area (Å²) in [4.78, 5) is 14.3. The quantitative estimate of drug-likeness (QED) is 0.757. The van der Waals surface area contributed by atoms with Gasteiger partial charge in [-0.1, -0.05) is 0 Å². The van der Waals surface area contributed by atoms with E-state index in [-0.39, 0.29) is 6.61 Å². The zero-order valence-corrected chi connectivity index (χ0v) is 7.30. The largest absolute Gasteiger partial charge is 0.491 e. The summed E-state index contributed by atoms with van der Waals surface area (Å²) in [6.07, 6.45) is 3.18.